The van der Waals surface area contributed by atoms with Crippen LogP contribution in [0.25, 0.3) is 0 Å². The third kappa shape index (κ3) is 2.74. The molecule has 18 heavy (non-hydrogen) atoms. The number of hydrogen-bond donors (Lipinski definition) is 1. The quantitative estimate of drug-likeness (QED) is 0.875. The van der Waals surface area contributed by atoms with E-state index in [-0.39, 0.29) is 5.91 Å². The standard InChI is InChI=1S/C15H16N2O/c1-10-6-11(2)8-13(7-10)17-15(18)14-9-16-5-4-12(14)3/h4-9H,1-3H3,(H,17,18). The molecule has 0 radical (unpaired) electrons. The number of pyridine rings is 1. The molecule has 0 saturated heterocycles. The Hall–Kier alpha value is -2.16. The molecule has 2 aromatic rings. The summed E-state index contributed by atoms with van der Waals surface area (Å²) in [4.78, 5) is 16.1. The van der Waals surface area contributed by atoms with Gasteiger partial charge in [0, 0.05) is 18.1 Å². The molecule has 0 aliphatic rings. The largest absolute Gasteiger partial charge is 0.322 e. The number of aromatic nitrogens is 1. The molecule has 1 N–H and O–H groups in total. The maximum absolute atomic E-state index is 12.1. The molecule has 0 bridgehead atoms. The molecule has 1 aromatic carbocycles. The summed E-state index contributed by atoms with van der Waals surface area (Å²) in [6.45, 7) is 5.92. The fourth-order valence-electron chi connectivity index (χ4n) is 1.95. The van der Waals surface area contributed by atoms with Crippen molar-refractivity contribution in [2.45, 2.75) is 20.8 Å². The van der Waals surface area contributed by atoms with Gasteiger partial charge in [0.2, 0.25) is 0 Å². The summed E-state index contributed by atoms with van der Waals surface area (Å²) in [6, 6.07) is 7.81. The predicted molar refractivity (Wildman–Crippen MR) is 72.8 cm³/mol. The Balaban J connectivity index is 2.24. The molecule has 2 rings (SSSR count). The topological polar surface area (TPSA) is 42.0 Å². The first-order chi connectivity index (χ1) is 8.56. The average Bonchev–Trinajstić information content (AvgIpc) is 2.27. The summed E-state index contributed by atoms with van der Waals surface area (Å²) >= 11 is 0. The number of aryl methyl sites for hydroxylation is 3. The normalized spacial score (nSPS) is 10.2. The van der Waals surface area contributed by atoms with E-state index in [4.69, 9.17) is 0 Å². The number of hydrogen-bond acceptors (Lipinski definition) is 2. The van der Waals surface area contributed by atoms with Crippen molar-refractivity contribution in [1.82, 2.24) is 4.98 Å². The monoisotopic (exact) mass is 240 g/mol. The number of benzene rings is 1. The van der Waals surface area contributed by atoms with Crippen LogP contribution in [0.5, 0.6) is 0 Å². The van der Waals surface area contributed by atoms with E-state index in [0.717, 1.165) is 22.4 Å². The van der Waals surface area contributed by atoms with Gasteiger partial charge in [0.05, 0.1) is 5.56 Å². The maximum atomic E-state index is 12.1. The van der Waals surface area contributed by atoms with Gasteiger partial charge in [0.25, 0.3) is 5.91 Å². The Bertz CT molecular complexity index is 571. The molecule has 0 aliphatic heterocycles. The maximum Gasteiger partial charge on any atom is 0.257 e. The summed E-state index contributed by atoms with van der Waals surface area (Å²) in [5, 5.41) is 2.90. The number of nitrogens with one attached hydrogen (secondary N) is 1. The fourth-order valence-corrected chi connectivity index (χ4v) is 1.95. The molecule has 3 heteroatoms. The first-order valence-electron chi connectivity index (χ1n) is 5.86. The lowest BCUT2D eigenvalue weighted by Crippen LogP contribution is -2.13. The highest BCUT2D eigenvalue weighted by atomic mass is 16.1. The average molecular weight is 240 g/mol. The Morgan fingerprint density at radius 3 is 2.39 bits per heavy atom. The van der Waals surface area contributed by atoms with Crippen LogP contribution in [-0.4, -0.2) is 10.9 Å². The Morgan fingerprint density at radius 1 is 1.11 bits per heavy atom. The van der Waals surface area contributed by atoms with Crippen molar-refractivity contribution in [3.63, 3.8) is 0 Å². The minimum atomic E-state index is -0.120. The summed E-state index contributed by atoms with van der Waals surface area (Å²) in [6.07, 6.45) is 3.27. The van der Waals surface area contributed by atoms with Crippen molar-refractivity contribution in [3.8, 4) is 0 Å². The number of carbonyl (C=O) groups is 1. The van der Waals surface area contributed by atoms with Gasteiger partial charge in [0.1, 0.15) is 0 Å². The third-order valence-electron chi connectivity index (χ3n) is 2.76. The van der Waals surface area contributed by atoms with E-state index in [9.17, 15) is 4.79 Å². The van der Waals surface area contributed by atoms with Crippen molar-refractivity contribution < 1.29 is 4.79 Å². The lowest BCUT2D eigenvalue weighted by molar-refractivity contribution is 0.102. The van der Waals surface area contributed by atoms with Crippen LogP contribution in [0.4, 0.5) is 5.69 Å². The number of nitrogens with zero attached hydrogens (tertiary/aromatic N) is 1. The van der Waals surface area contributed by atoms with Crippen molar-refractivity contribution in [1.29, 1.82) is 0 Å². The summed E-state index contributed by atoms with van der Waals surface area (Å²) in [5.74, 6) is -0.120. The van der Waals surface area contributed by atoms with E-state index in [1.807, 2.05) is 39.0 Å². The zero-order chi connectivity index (χ0) is 13.1. The second-order valence-electron chi connectivity index (χ2n) is 4.52. The van der Waals surface area contributed by atoms with Crippen LogP contribution in [0, 0.1) is 20.8 Å². The second-order valence-corrected chi connectivity index (χ2v) is 4.52. The first kappa shape index (κ1) is 12.3. The minimum Gasteiger partial charge on any atom is -0.322 e. The molecular weight excluding hydrogens is 224 g/mol. The van der Waals surface area contributed by atoms with Gasteiger partial charge in [-0.15, -0.1) is 0 Å². The highest BCUT2D eigenvalue weighted by molar-refractivity contribution is 6.05. The Morgan fingerprint density at radius 2 is 1.78 bits per heavy atom. The Kier molecular flexibility index (Phi) is 3.42. The lowest BCUT2D eigenvalue weighted by Gasteiger charge is -2.08. The van der Waals surface area contributed by atoms with Crippen LogP contribution in [0.2, 0.25) is 0 Å². The van der Waals surface area contributed by atoms with Gasteiger partial charge in [-0.25, -0.2) is 0 Å². The van der Waals surface area contributed by atoms with Crippen LogP contribution in [0.15, 0.2) is 36.7 Å². The van der Waals surface area contributed by atoms with E-state index < -0.39 is 0 Å². The van der Waals surface area contributed by atoms with Crippen LogP contribution in [0.3, 0.4) is 0 Å². The first-order valence-corrected chi connectivity index (χ1v) is 5.86. The lowest BCUT2D eigenvalue weighted by atomic mass is 10.1. The number of anilines is 1. The van der Waals surface area contributed by atoms with Gasteiger partial charge < -0.3 is 5.32 Å². The van der Waals surface area contributed by atoms with Crippen LogP contribution < -0.4 is 5.32 Å². The van der Waals surface area contributed by atoms with Crippen LogP contribution in [-0.2, 0) is 0 Å². The summed E-state index contributed by atoms with van der Waals surface area (Å²) in [7, 11) is 0. The molecule has 92 valence electrons. The molecule has 3 nitrogen and oxygen atoms in total. The van der Waals surface area contributed by atoms with Gasteiger partial charge in [-0.05, 0) is 55.7 Å². The predicted octanol–water partition coefficient (Wildman–Crippen LogP) is 3.26. The fraction of sp³-hybridized carbons (Fsp3) is 0.200. The SMILES string of the molecule is Cc1cc(C)cc(NC(=O)c2cnccc2C)c1. The molecule has 0 unspecified atom stereocenters. The highest BCUT2D eigenvalue weighted by Crippen LogP contribution is 2.15. The van der Waals surface area contributed by atoms with Gasteiger partial charge in [-0.1, -0.05) is 6.07 Å². The Labute approximate surface area is 107 Å². The molecule has 0 atom stereocenters. The summed E-state index contributed by atoms with van der Waals surface area (Å²) in [5.41, 5.74) is 4.62. The van der Waals surface area contributed by atoms with E-state index in [2.05, 4.69) is 16.4 Å². The second kappa shape index (κ2) is 5.00. The van der Waals surface area contributed by atoms with Gasteiger partial charge >= 0.3 is 0 Å². The van der Waals surface area contributed by atoms with Crippen LogP contribution >= 0.6 is 0 Å². The van der Waals surface area contributed by atoms with Gasteiger partial charge in [-0.2, -0.15) is 0 Å². The van der Waals surface area contributed by atoms with E-state index in [0.29, 0.717) is 5.56 Å². The molecule has 1 heterocycles. The van der Waals surface area contributed by atoms with E-state index in [1.165, 1.54) is 0 Å². The molecule has 1 aromatic heterocycles. The number of rotatable bonds is 2. The van der Waals surface area contributed by atoms with Crippen LogP contribution in [0.1, 0.15) is 27.0 Å². The van der Waals surface area contributed by atoms with E-state index >= 15 is 0 Å². The minimum absolute atomic E-state index is 0.120. The van der Waals surface area contributed by atoms with Crippen molar-refractivity contribution >= 4 is 11.6 Å². The zero-order valence-corrected chi connectivity index (χ0v) is 10.8. The molecule has 0 spiro atoms. The number of amides is 1. The van der Waals surface area contributed by atoms with Crippen molar-refractivity contribution in [2.75, 3.05) is 5.32 Å². The number of carbonyl (C=O) groups excluding carboxylic acids is 1. The van der Waals surface area contributed by atoms with Crippen molar-refractivity contribution in [2.24, 2.45) is 0 Å². The van der Waals surface area contributed by atoms with Gasteiger partial charge in [-0.3, -0.25) is 9.78 Å². The highest BCUT2D eigenvalue weighted by Gasteiger charge is 2.09. The smallest absolute Gasteiger partial charge is 0.257 e. The molecule has 0 aliphatic carbocycles. The third-order valence-corrected chi connectivity index (χ3v) is 2.76. The van der Waals surface area contributed by atoms with Gasteiger partial charge in [0.15, 0.2) is 0 Å². The molecule has 0 fully saturated rings. The van der Waals surface area contributed by atoms with Crippen molar-refractivity contribution in [3.05, 3.63) is 58.9 Å². The summed E-state index contributed by atoms with van der Waals surface area (Å²) < 4.78 is 0. The molecule has 0 saturated carbocycles. The molecular formula is C15H16N2O. The zero-order valence-electron chi connectivity index (χ0n) is 10.8. The molecule has 1 amide bonds. The van der Waals surface area contributed by atoms with E-state index in [1.54, 1.807) is 12.4 Å².